The molecule has 38 heavy (non-hydrogen) atoms. The molecule has 0 bridgehead atoms. The predicted molar refractivity (Wildman–Crippen MR) is 146 cm³/mol. The second kappa shape index (κ2) is 9.66. The number of nitrogens with two attached hydrogens (primary N) is 2. The molecule has 0 saturated carbocycles. The highest BCUT2D eigenvalue weighted by Gasteiger charge is 2.22. The molecule has 0 fully saturated rings. The zero-order chi connectivity index (χ0) is 27.0. The van der Waals surface area contributed by atoms with Crippen LogP contribution in [0.2, 0.25) is 0 Å². The number of carbonyl (C=O) groups is 1. The number of ether oxygens (including phenoxy) is 1. The summed E-state index contributed by atoms with van der Waals surface area (Å²) in [4.78, 5) is 24.6. The number of aromatic nitrogens is 4. The van der Waals surface area contributed by atoms with Crippen LogP contribution in [0, 0.1) is 5.82 Å². The van der Waals surface area contributed by atoms with Crippen LogP contribution in [0.1, 0.15) is 6.92 Å². The number of hydrogen-bond acceptors (Lipinski definition) is 7. The summed E-state index contributed by atoms with van der Waals surface area (Å²) in [6, 6.07) is 15.4. The maximum Gasteiger partial charge on any atom is 0.250 e. The van der Waals surface area contributed by atoms with Gasteiger partial charge in [-0.05, 0) is 48.4 Å². The largest absolute Gasteiger partial charge is 0.437 e. The van der Waals surface area contributed by atoms with Gasteiger partial charge in [0.1, 0.15) is 23.6 Å². The number of pyridine rings is 1. The average molecular weight is 510 g/mol. The van der Waals surface area contributed by atoms with E-state index in [9.17, 15) is 9.18 Å². The van der Waals surface area contributed by atoms with E-state index in [1.54, 1.807) is 19.1 Å². The smallest absolute Gasteiger partial charge is 0.250 e. The van der Waals surface area contributed by atoms with Crippen molar-refractivity contribution < 1.29 is 13.9 Å². The zero-order valence-corrected chi connectivity index (χ0v) is 20.7. The van der Waals surface area contributed by atoms with Crippen molar-refractivity contribution in [1.82, 2.24) is 19.5 Å². The first kappa shape index (κ1) is 24.4. The van der Waals surface area contributed by atoms with E-state index in [2.05, 4.69) is 26.8 Å². The lowest BCUT2D eigenvalue weighted by Gasteiger charge is -2.13. The number of nitrogens with one attached hydrogen (secondary N) is 1. The number of rotatable bonds is 6. The lowest BCUT2D eigenvalue weighted by Crippen LogP contribution is -2.11. The van der Waals surface area contributed by atoms with E-state index in [4.69, 9.17) is 16.2 Å². The molecule has 0 atom stereocenters. The van der Waals surface area contributed by atoms with Gasteiger partial charge in [-0.3, -0.25) is 4.79 Å². The number of aryl methyl sites for hydroxylation is 1. The molecule has 0 aliphatic rings. The Morgan fingerprint density at radius 3 is 2.42 bits per heavy atom. The van der Waals surface area contributed by atoms with E-state index in [-0.39, 0.29) is 11.8 Å². The summed E-state index contributed by atoms with van der Waals surface area (Å²) in [5.74, 6) is 0.200. The molecule has 190 valence electrons. The molecule has 5 rings (SSSR count). The van der Waals surface area contributed by atoms with Crippen molar-refractivity contribution in [1.29, 1.82) is 0 Å². The zero-order valence-electron chi connectivity index (χ0n) is 20.7. The van der Waals surface area contributed by atoms with Crippen molar-refractivity contribution in [3.63, 3.8) is 0 Å². The van der Waals surface area contributed by atoms with E-state index in [1.807, 2.05) is 41.9 Å². The highest BCUT2D eigenvalue weighted by atomic mass is 19.1. The van der Waals surface area contributed by atoms with E-state index in [0.29, 0.717) is 39.5 Å². The number of carbonyl (C=O) groups excluding carboxylic acids is 1. The number of hydrogen-bond donors (Lipinski definition) is 3. The second-order valence-corrected chi connectivity index (χ2v) is 8.72. The highest BCUT2D eigenvalue weighted by molar-refractivity contribution is 6.08. The van der Waals surface area contributed by atoms with Crippen LogP contribution in [0.4, 0.5) is 21.6 Å². The van der Waals surface area contributed by atoms with Gasteiger partial charge >= 0.3 is 0 Å². The van der Waals surface area contributed by atoms with E-state index in [0.717, 1.165) is 28.6 Å². The Labute approximate surface area is 217 Å². The Bertz CT molecular complexity index is 1690. The number of nitrogens with zero attached hydrogens (tertiary/aromatic N) is 4. The van der Waals surface area contributed by atoms with Gasteiger partial charge in [-0.2, -0.15) is 0 Å². The minimum Gasteiger partial charge on any atom is -0.437 e. The molecule has 2 aromatic carbocycles. The fourth-order valence-electron chi connectivity index (χ4n) is 4.18. The minimum absolute atomic E-state index is 0.216. The number of benzene rings is 2. The molecule has 0 spiro atoms. The summed E-state index contributed by atoms with van der Waals surface area (Å²) in [6.07, 6.45) is 2.49. The van der Waals surface area contributed by atoms with Crippen molar-refractivity contribution in [2.75, 3.05) is 16.8 Å². The van der Waals surface area contributed by atoms with Gasteiger partial charge in [0, 0.05) is 29.9 Å². The maximum absolute atomic E-state index is 13.2. The molecule has 0 aliphatic heterocycles. The molecule has 10 heteroatoms. The lowest BCUT2D eigenvalue weighted by molar-refractivity contribution is -0.112. The number of anilines is 3. The Hall–Kier alpha value is -5.25. The van der Waals surface area contributed by atoms with Crippen LogP contribution in [0.5, 0.6) is 11.6 Å². The molecule has 5 aromatic rings. The molecule has 9 nitrogen and oxygen atoms in total. The summed E-state index contributed by atoms with van der Waals surface area (Å²) in [6.45, 7) is 5.32. The third kappa shape index (κ3) is 4.50. The monoisotopic (exact) mass is 509 g/mol. The lowest BCUT2D eigenvalue weighted by atomic mass is 9.98. The second-order valence-electron chi connectivity index (χ2n) is 8.72. The summed E-state index contributed by atoms with van der Waals surface area (Å²) in [5, 5.41) is 3.49. The molecule has 3 aromatic heterocycles. The third-order valence-electron chi connectivity index (χ3n) is 6.01. The van der Waals surface area contributed by atoms with Crippen LogP contribution >= 0.6 is 0 Å². The van der Waals surface area contributed by atoms with E-state index >= 15 is 0 Å². The fourth-order valence-corrected chi connectivity index (χ4v) is 4.18. The molecule has 1 amide bonds. The van der Waals surface area contributed by atoms with Crippen LogP contribution in [0.25, 0.3) is 33.4 Å². The number of fused-ring (bicyclic) bond motifs is 1. The Kier molecular flexibility index (Phi) is 6.21. The first-order valence-corrected chi connectivity index (χ1v) is 11.6. The van der Waals surface area contributed by atoms with Gasteiger partial charge in [0.2, 0.25) is 5.88 Å². The Morgan fingerprint density at radius 2 is 1.76 bits per heavy atom. The topological polar surface area (TPSA) is 134 Å². The van der Waals surface area contributed by atoms with Crippen LogP contribution in [-0.2, 0) is 11.8 Å². The number of halogens is 1. The van der Waals surface area contributed by atoms with Gasteiger partial charge in [0.15, 0.2) is 5.75 Å². The number of amides is 1. The summed E-state index contributed by atoms with van der Waals surface area (Å²) in [5.41, 5.74) is 18.0. The summed E-state index contributed by atoms with van der Waals surface area (Å²) < 4.78 is 20.9. The molecule has 3 heterocycles. The first-order valence-electron chi connectivity index (χ1n) is 11.6. The summed E-state index contributed by atoms with van der Waals surface area (Å²) in [7, 11) is 1.89. The first-order chi connectivity index (χ1) is 18.2. The predicted octanol–water partition coefficient (Wildman–Crippen LogP) is 5.31. The Morgan fingerprint density at radius 1 is 1.03 bits per heavy atom. The standard InChI is InChI=1S/C28H24FN7O2/c1-15(2)28(37)35-19-8-4-16(5-9-19)25-23(24-26(31)33-14-34-27(24)36(25)3)17-6-10-21(20(30)12-17)38-22-11-7-18(29)13-32-22/h4-14H,1,30H2,2-3H3,(H,35,37)(H2,31,33,34). The molecule has 0 aliphatic carbocycles. The SMILES string of the molecule is C=C(C)C(=O)Nc1ccc(-c2c(-c3ccc(Oc4ccc(F)cn4)c(N)c3)c3c(N)ncnc3n2C)cc1. The van der Waals surface area contributed by atoms with E-state index < -0.39 is 5.82 Å². The quantitative estimate of drug-likeness (QED) is 0.209. The van der Waals surface area contributed by atoms with Gasteiger partial charge in [-0.25, -0.2) is 19.3 Å². The van der Waals surface area contributed by atoms with Crippen LogP contribution in [-0.4, -0.2) is 25.4 Å². The molecule has 0 radical (unpaired) electrons. The van der Waals surface area contributed by atoms with Crippen LogP contribution < -0.4 is 21.5 Å². The highest BCUT2D eigenvalue weighted by Crippen LogP contribution is 2.43. The third-order valence-corrected chi connectivity index (χ3v) is 6.01. The van der Waals surface area contributed by atoms with Crippen molar-refractivity contribution in [3.05, 3.63) is 85.1 Å². The van der Waals surface area contributed by atoms with E-state index in [1.165, 1.54) is 18.5 Å². The van der Waals surface area contributed by atoms with Gasteiger partial charge in [-0.1, -0.05) is 24.8 Å². The van der Waals surface area contributed by atoms with Gasteiger partial charge in [-0.15, -0.1) is 0 Å². The molecule has 0 saturated heterocycles. The maximum atomic E-state index is 13.2. The van der Waals surface area contributed by atoms with Crippen LogP contribution in [0.15, 0.2) is 79.3 Å². The van der Waals surface area contributed by atoms with Crippen molar-refractivity contribution in [3.8, 4) is 34.0 Å². The number of nitrogen functional groups attached to an aromatic ring is 2. The van der Waals surface area contributed by atoms with Crippen LogP contribution in [0.3, 0.4) is 0 Å². The fraction of sp³-hybridized carbons (Fsp3) is 0.0714. The van der Waals surface area contributed by atoms with Crippen molar-refractivity contribution in [2.45, 2.75) is 6.92 Å². The van der Waals surface area contributed by atoms with Crippen molar-refractivity contribution in [2.24, 2.45) is 7.05 Å². The van der Waals surface area contributed by atoms with Crippen molar-refractivity contribution >= 4 is 34.1 Å². The molecule has 5 N–H and O–H groups in total. The Balaban J connectivity index is 1.60. The summed E-state index contributed by atoms with van der Waals surface area (Å²) >= 11 is 0. The molecule has 0 unspecified atom stereocenters. The van der Waals surface area contributed by atoms with Gasteiger partial charge in [0.25, 0.3) is 5.91 Å². The van der Waals surface area contributed by atoms with Gasteiger partial charge < -0.3 is 26.1 Å². The molecular weight excluding hydrogens is 485 g/mol. The minimum atomic E-state index is -0.463. The molecular formula is C28H24FN7O2. The normalized spacial score (nSPS) is 10.9. The average Bonchev–Trinajstić information content (AvgIpc) is 3.20. The van der Waals surface area contributed by atoms with Gasteiger partial charge in [0.05, 0.1) is 23.0 Å².